The number of hydrogen-bond acceptors (Lipinski definition) is 5. The van der Waals surface area contributed by atoms with Crippen LogP contribution in [0.5, 0.6) is 0 Å². The maximum Gasteiger partial charge on any atom is 0.261 e. The summed E-state index contributed by atoms with van der Waals surface area (Å²) in [4.78, 5) is 29.8. The van der Waals surface area contributed by atoms with Crippen molar-refractivity contribution in [3.63, 3.8) is 0 Å². The van der Waals surface area contributed by atoms with E-state index in [0.717, 1.165) is 24.1 Å². The molecule has 0 unspecified atom stereocenters. The van der Waals surface area contributed by atoms with Crippen LogP contribution in [0.2, 0.25) is 5.02 Å². The lowest BCUT2D eigenvalue weighted by Crippen LogP contribution is -2.46. The lowest BCUT2D eigenvalue weighted by molar-refractivity contribution is -0.121. The predicted molar refractivity (Wildman–Crippen MR) is 117 cm³/mol. The topological polar surface area (TPSA) is 84.2 Å². The summed E-state index contributed by atoms with van der Waals surface area (Å²) in [7, 11) is 0. The summed E-state index contributed by atoms with van der Waals surface area (Å²) in [5.74, 6) is -0.122. The molecule has 1 fully saturated rings. The van der Waals surface area contributed by atoms with Crippen LogP contribution >= 0.6 is 11.6 Å². The van der Waals surface area contributed by atoms with E-state index in [4.69, 9.17) is 11.6 Å². The molecule has 1 saturated heterocycles. The van der Waals surface area contributed by atoms with Crippen molar-refractivity contribution < 1.29 is 9.90 Å². The highest BCUT2D eigenvalue weighted by Crippen LogP contribution is 2.23. The zero-order chi connectivity index (χ0) is 21.1. The van der Waals surface area contributed by atoms with Gasteiger partial charge in [0.15, 0.2) is 5.78 Å². The molecular formula is C23H24ClN3O3. The summed E-state index contributed by atoms with van der Waals surface area (Å²) in [6.07, 6.45) is 3.29. The number of rotatable bonds is 6. The van der Waals surface area contributed by atoms with Crippen LogP contribution in [-0.4, -0.2) is 39.1 Å². The zero-order valence-electron chi connectivity index (χ0n) is 16.6. The maximum absolute atomic E-state index is 12.9. The van der Waals surface area contributed by atoms with Crippen LogP contribution in [0.4, 0.5) is 0 Å². The van der Waals surface area contributed by atoms with Crippen molar-refractivity contribution in [2.45, 2.75) is 44.4 Å². The van der Waals surface area contributed by atoms with Crippen LogP contribution in [0.1, 0.15) is 30.4 Å². The van der Waals surface area contributed by atoms with E-state index in [2.05, 4.69) is 10.3 Å². The Bertz CT molecular complexity index is 1110. The molecule has 0 saturated carbocycles. The number of aromatic nitrogens is 2. The van der Waals surface area contributed by atoms with Crippen LogP contribution in [0.25, 0.3) is 10.9 Å². The Labute approximate surface area is 179 Å². The molecule has 0 aliphatic carbocycles. The van der Waals surface area contributed by atoms with Crippen molar-refractivity contribution in [1.82, 2.24) is 14.9 Å². The van der Waals surface area contributed by atoms with E-state index >= 15 is 0 Å². The zero-order valence-corrected chi connectivity index (χ0v) is 17.3. The lowest BCUT2D eigenvalue weighted by atomic mass is 9.97. The second kappa shape index (κ2) is 9.08. The fourth-order valence-electron chi connectivity index (χ4n) is 3.93. The highest BCUT2D eigenvalue weighted by molar-refractivity contribution is 6.32. The molecule has 0 spiro atoms. The van der Waals surface area contributed by atoms with Gasteiger partial charge in [0.2, 0.25) is 0 Å². The minimum atomic E-state index is -0.531. The summed E-state index contributed by atoms with van der Waals surface area (Å²) in [6.45, 7) is 0.715. The van der Waals surface area contributed by atoms with Crippen molar-refractivity contribution in [2.24, 2.45) is 0 Å². The predicted octanol–water partition coefficient (Wildman–Crippen LogP) is 2.71. The first-order valence-electron chi connectivity index (χ1n) is 10.2. The first-order valence-corrected chi connectivity index (χ1v) is 10.5. The summed E-state index contributed by atoms with van der Waals surface area (Å²) in [5.41, 5.74) is 2.28. The molecule has 3 aromatic rings. The summed E-state index contributed by atoms with van der Waals surface area (Å²) < 4.78 is 1.31. The van der Waals surface area contributed by atoms with Crippen LogP contribution in [0.15, 0.2) is 53.6 Å². The fraction of sp³-hybridized carbons (Fsp3) is 0.348. The van der Waals surface area contributed by atoms with Gasteiger partial charge in [0.25, 0.3) is 5.56 Å². The normalized spacial score (nSPS) is 19.1. The van der Waals surface area contributed by atoms with E-state index in [9.17, 15) is 14.7 Å². The second-order valence-electron chi connectivity index (χ2n) is 7.81. The number of ketones is 1. The van der Waals surface area contributed by atoms with E-state index in [0.29, 0.717) is 28.8 Å². The Morgan fingerprint density at radius 1 is 1.27 bits per heavy atom. The number of Topliss-reactive ketones (excluding diaryl/α,β-unsaturated/α-hetero) is 1. The Morgan fingerprint density at radius 3 is 2.83 bits per heavy atom. The Hall–Kier alpha value is -2.54. The van der Waals surface area contributed by atoms with Crippen molar-refractivity contribution in [3.8, 4) is 0 Å². The third kappa shape index (κ3) is 4.61. The first kappa shape index (κ1) is 20.7. The van der Waals surface area contributed by atoms with Crippen molar-refractivity contribution >= 4 is 28.3 Å². The minimum Gasteiger partial charge on any atom is -0.391 e. The Kier molecular flexibility index (Phi) is 6.27. The average molecular weight is 426 g/mol. The molecule has 30 heavy (non-hydrogen) atoms. The highest BCUT2D eigenvalue weighted by atomic mass is 35.5. The fourth-order valence-corrected chi connectivity index (χ4v) is 4.16. The smallest absolute Gasteiger partial charge is 0.261 e. The van der Waals surface area contributed by atoms with Gasteiger partial charge >= 0.3 is 0 Å². The molecule has 2 atom stereocenters. The number of carbonyl (C=O) groups excluding carboxylic acids is 1. The number of carbonyl (C=O) groups is 1. The van der Waals surface area contributed by atoms with Gasteiger partial charge in [0.05, 0.1) is 29.9 Å². The maximum atomic E-state index is 12.9. The molecule has 0 radical (unpaired) electrons. The van der Waals surface area contributed by atoms with Crippen LogP contribution in [0.3, 0.4) is 0 Å². The molecule has 1 aliphatic rings. The van der Waals surface area contributed by atoms with E-state index in [1.165, 1.54) is 10.9 Å². The van der Waals surface area contributed by atoms with Gasteiger partial charge in [-0.3, -0.25) is 14.2 Å². The van der Waals surface area contributed by atoms with Crippen molar-refractivity contribution in [1.29, 1.82) is 0 Å². The van der Waals surface area contributed by atoms with E-state index in [-0.39, 0.29) is 30.3 Å². The molecule has 6 nitrogen and oxygen atoms in total. The van der Waals surface area contributed by atoms with Crippen LogP contribution < -0.4 is 10.9 Å². The third-order valence-corrected chi connectivity index (χ3v) is 5.92. The van der Waals surface area contributed by atoms with Gasteiger partial charge in [0.1, 0.15) is 0 Å². The average Bonchev–Trinajstić information content (AvgIpc) is 2.74. The molecule has 4 rings (SSSR count). The molecule has 7 heteroatoms. The molecule has 2 heterocycles. The Balaban J connectivity index is 1.54. The number of benzene rings is 2. The first-order chi connectivity index (χ1) is 14.5. The van der Waals surface area contributed by atoms with Crippen LogP contribution in [-0.2, 0) is 17.8 Å². The SMILES string of the molecule is O=C(C[C@@H]1NCCC[C@H]1O)Cn1cnc2cc(Cc3ccccc3)c(Cl)cc2c1=O. The van der Waals surface area contributed by atoms with Gasteiger partial charge in [-0.2, -0.15) is 0 Å². The molecule has 2 N–H and O–H groups in total. The highest BCUT2D eigenvalue weighted by Gasteiger charge is 2.25. The number of aliphatic hydroxyl groups is 1. The third-order valence-electron chi connectivity index (χ3n) is 5.57. The monoisotopic (exact) mass is 425 g/mol. The quantitative estimate of drug-likeness (QED) is 0.634. The summed E-state index contributed by atoms with van der Waals surface area (Å²) in [5, 5.41) is 14.1. The molecular weight excluding hydrogens is 402 g/mol. The van der Waals surface area contributed by atoms with Gasteiger partial charge < -0.3 is 10.4 Å². The summed E-state index contributed by atoms with van der Waals surface area (Å²) >= 11 is 6.45. The van der Waals surface area contributed by atoms with Gasteiger partial charge in [0, 0.05) is 17.5 Å². The van der Waals surface area contributed by atoms with Gasteiger partial charge in [-0.05, 0) is 49.1 Å². The second-order valence-corrected chi connectivity index (χ2v) is 8.22. The number of piperidine rings is 1. The van der Waals surface area contributed by atoms with Gasteiger partial charge in [-0.1, -0.05) is 41.9 Å². The van der Waals surface area contributed by atoms with Crippen molar-refractivity contribution in [2.75, 3.05) is 6.54 Å². The van der Waals surface area contributed by atoms with Gasteiger partial charge in [-0.25, -0.2) is 4.98 Å². The number of aliphatic hydroxyl groups excluding tert-OH is 1. The number of halogens is 1. The molecule has 1 aliphatic heterocycles. The number of hydrogen-bond donors (Lipinski definition) is 2. The molecule has 0 amide bonds. The van der Waals surface area contributed by atoms with Crippen LogP contribution in [0, 0.1) is 0 Å². The number of nitrogens with one attached hydrogen (secondary N) is 1. The van der Waals surface area contributed by atoms with E-state index in [1.54, 1.807) is 6.07 Å². The molecule has 2 aromatic carbocycles. The van der Waals surface area contributed by atoms with E-state index < -0.39 is 6.10 Å². The minimum absolute atomic E-state index is 0.0734. The molecule has 0 bridgehead atoms. The number of nitrogens with zero attached hydrogens (tertiary/aromatic N) is 2. The number of fused-ring (bicyclic) bond motifs is 1. The molecule has 156 valence electrons. The summed E-state index contributed by atoms with van der Waals surface area (Å²) in [6, 6.07) is 13.2. The van der Waals surface area contributed by atoms with Crippen molar-refractivity contribution in [3.05, 3.63) is 75.3 Å². The van der Waals surface area contributed by atoms with E-state index in [1.807, 2.05) is 36.4 Å². The Morgan fingerprint density at radius 2 is 2.07 bits per heavy atom. The standard InChI is InChI=1S/C23H24ClN3O3/c24-19-12-18-20(10-16(19)9-15-5-2-1-3-6-15)26-14-27(23(18)30)13-17(28)11-21-22(29)7-4-8-25-21/h1-3,5-6,10,12,14,21-22,25,29H,4,7-9,11,13H2/t21-,22+/m0/s1. The largest absolute Gasteiger partial charge is 0.391 e. The van der Waals surface area contributed by atoms with Gasteiger partial charge in [-0.15, -0.1) is 0 Å². The molecule has 1 aromatic heterocycles. The lowest BCUT2D eigenvalue weighted by Gasteiger charge is -2.28.